The Morgan fingerprint density at radius 1 is 0.574 bits per heavy atom. The van der Waals surface area contributed by atoms with E-state index >= 15 is 0 Å². The first-order valence-corrected chi connectivity index (χ1v) is 22.5. The SMILES string of the molecule is CCCCC/C=C/C/C=C/C/C=C/CCCCC(=O)O[C@H](COC(=O)CCCCCCCCCCCCCCCCC)COP(=O)(O)OC[C@H](N)C(=O)O. The Balaban J connectivity index is 4.44. The van der Waals surface area contributed by atoms with Crippen LogP contribution in [-0.2, 0) is 37.5 Å². The zero-order valence-electron chi connectivity index (χ0n) is 33.8. The number of rotatable bonds is 39. The minimum absolute atomic E-state index is 0.114. The van der Waals surface area contributed by atoms with E-state index in [-0.39, 0.29) is 19.4 Å². The number of carboxylic acid groups (broad SMARTS) is 1. The van der Waals surface area contributed by atoms with E-state index in [1.807, 2.05) is 0 Å². The van der Waals surface area contributed by atoms with Crippen LogP contribution in [0.15, 0.2) is 36.5 Å². The molecule has 0 aliphatic heterocycles. The van der Waals surface area contributed by atoms with Crippen LogP contribution in [0.5, 0.6) is 0 Å². The van der Waals surface area contributed by atoms with Crippen molar-refractivity contribution in [3.05, 3.63) is 36.5 Å². The van der Waals surface area contributed by atoms with Crippen molar-refractivity contribution in [3.63, 3.8) is 0 Å². The summed E-state index contributed by atoms with van der Waals surface area (Å²) in [6.45, 7) is 2.73. The van der Waals surface area contributed by atoms with Crippen LogP contribution in [0.1, 0.15) is 181 Å². The third kappa shape index (κ3) is 36.7. The van der Waals surface area contributed by atoms with Gasteiger partial charge in [0.05, 0.1) is 13.2 Å². The van der Waals surface area contributed by atoms with Crippen LogP contribution >= 0.6 is 7.82 Å². The van der Waals surface area contributed by atoms with Gasteiger partial charge in [-0.15, -0.1) is 0 Å². The summed E-state index contributed by atoms with van der Waals surface area (Å²) in [6, 6.07) is -1.53. The topological polar surface area (TPSA) is 172 Å². The molecule has 1 unspecified atom stereocenters. The lowest BCUT2D eigenvalue weighted by Gasteiger charge is -2.20. The predicted molar refractivity (Wildman–Crippen MR) is 217 cm³/mol. The van der Waals surface area contributed by atoms with E-state index in [1.54, 1.807) is 0 Å². The van der Waals surface area contributed by atoms with Gasteiger partial charge in [-0.05, 0) is 51.4 Å². The Kier molecular flexibility index (Phi) is 36.0. The molecule has 0 aromatic heterocycles. The lowest BCUT2D eigenvalue weighted by molar-refractivity contribution is -0.161. The number of aliphatic carboxylic acids is 1. The maximum absolute atomic E-state index is 12.6. The van der Waals surface area contributed by atoms with E-state index in [0.717, 1.165) is 51.4 Å². The number of carbonyl (C=O) groups excluding carboxylic acids is 2. The molecule has 12 heteroatoms. The van der Waals surface area contributed by atoms with E-state index in [2.05, 4.69) is 54.8 Å². The normalized spacial score (nSPS) is 14.1. The maximum Gasteiger partial charge on any atom is 0.472 e. The van der Waals surface area contributed by atoms with Crippen molar-refractivity contribution < 1.29 is 47.5 Å². The molecule has 4 N–H and O–H groups in total. The van der Waals surface area contributed by atoms with Gasteiger partial charge in [0.25, 0.3) is 0 Å². The number of phosphoric acid groups is 1. The highest BCUT2D eigenvalue weighted by Crippen LogP contribution is 2.43. The third-order valence-corrected chi connectivity index (χ3v) is 9.84. The summed E-state index contributed by atoms with van der Waals surface area (Å²) >= 11 is 0. The van der Waals surface area contributed by atoms with Gasteiger partial charge in [0.1, 0.15) is 12.6 Å². The van der Waals surface area contributed by atoms with Gasteiger partial charge in [-0.1, -0.05) is 153 Å². The van der Waals surface area contributed by atoms with E-state index in [4.69, 9.17) is 24.8 Å². The van der Waals surface area contributed by atoms with Crippen molar-refractivity contribution >= 4 is 25.7 Å². The van der Waals surface area contributed by atoms with Gasteiger partial charge in [0.2, 0.25) is 0 Å². The van der Waals surface area contributed by atoms with Crippen LogP contribution in [0.25, 0.3) is 0 Å². The average Bonchev–Trinajstić information content (AvgIpc) is 3.14. The lowest BCUT2D eigenvalue weighted by Crippen LogP contribution is -2.34. The second-order valence-electron chi connectivity index (χ2n) is 14.1. The molecule has 0 amide bonds. The minimum atomic E-state index is -4.72. The molecule has 54 heavy (non-hydrogen) atoms. The fraction of sp³-hybridized carbons (Fsp3) is 0.786. The average molecular weight is 786 g/mol. The van der Waals surface area contributed by atoms with E-state index in [0.29, 0.717) is 12.8 Å². The number of phosphoric ester groups is 1. The highest BCUT2D eigenvalue weighted by atomic mass is 31.2. The minimum Gasteiger partial charge on any atom is -0.480 e. The van der Waals surface area contributed by atoms with Gasteiger partial charge >= 0.3 is 25.7 Å². The molecule has 0 spiro atoms. The molecule has 0 bridgehead atoms. The number of hydrogen-bond donors (Lipinski definition) is 3. The molecular formula is C42H76NO10P. The maximum atomic E-state index is 12.6. The molecule has 0 aromatic carbocycles. The molecule has 0 fully saturated rings. The Hall–Kier alpha value is -2.30. The van der Waals surface area contributed by atoms with Crippen LogP contribution in [0, 0.1) is 0 Å². The van der Waals surface area contributed by atoms with Crippen molar-refractivity contribution in [2.75, 3.05) is 19.8 Å². The summed E-state index contributed by atoms with van der Waals surface area (Å²) in [6.07, 6.45) is 39.2. The molecule has 314 valence electrons. The van der Waals surface area contributed by atoms with Gasteiger partial charge in [-0.3, -0.25) is 23.4 Å². The second-order valence-corrected chi connectivity index (χ2v) is 15.6. The van der Waals surface area contributed by atoms with E-state index < -0.39 is 51.1 Å². The van der Waals surface area contributed by atoms with Crippen LogP contribution < -0.4 is 5.73 Å². The quantitative estimate of drug-likeness (QED) is 0.0234. The second kappa shape index (κ2) is 37.6. The number of allylic oxidation sites excluding steroid dienone is 6. The largest absolute Gasteiger partial charge is 0.480 e. The molecule has 0 aromatic rings. The van der Waals surface area contributed by atoms with Crippen molar-refractivity contribution in [2.24, 2.45) is 5.73 Å². The van der Waals surface area contributed by atoms with Crippen LogP contribution in [0.4, 0.5) is 0 Å². The van der Waals surface area contributed by atoms with Gasteiger partial charge in [-0.25, -0.2) is 4.57 Å². The van der Waals surface area contributed by atoms with Crippen LogP contribution in [0.3, 0.4) is 0 Å². The summed E-state index contributed by atoms with van der Waals surface area (Å²) in [5.41, 5.74) is 5.32. The Morgan fingerprint density at radius 3 is 1.50 bits per heavy atom. The molecule has 11 nitrogen and oxygen atoms in total. The van der Waals surface area contributed by atoms with Crippen LogP contribution in [0.2, 0.25) is 0 Å². The number of esters is 2. The van der Waals surface area contributed by atoms with Crippen molar-refractivity contribution in [3.8, 4) is 0 Å². The molecular weight excluding hydrogens is 709 g/mol. The first-order valence-electron chi connectivity index (χ1n) is 21.0. The third-order valence-electron chi connectivity index (χ3n) is 8.89. The van der Waals surface area contributed by atoms with Gasteiger partial charge in [0, 0.05) is 12.8 Å². The highest BCUT2D eigenvalue weighted by Gasteiger charge is 2.28. The van der Waals surface area contributed by atoms with Crippen molar-refractivity contribution in [2.45, 2.75) is 193 Å². The number of nitrogens with two attached hydrogens (primary N) is 1. The molecule has 0 aliphatic rings. The number of carbonyl (C=O) groups is 3. The fourth-order valence-corrected chi connectivity index (χ4v) is 6.32. The molecule has 3 atom stereocenters. The molecule has 0 saturated heterocycles. The Bertz CT molecular complexity index is 1060. The summed E-state index contributed by atoms with van der Waals surface area (Å²) in [5, 5.41) is 8.87. The monoisotopic (exact) mass is 786 g/mol. The zero-order valence-corrected chi connectivity index (χ0v) is 34.7. The molecule has 0 saturated carbocycles. The van der Waals surface area contributed by atoms with Gasteiger partial charge < -0.3 is 25.2 Å². The smallest absolute Gasteiger partial charge is 0.472 e. The van der Waals surface area contributed by atoms with Crippen molar-refractivity contribution in [1.29, 1.82) is 0 Å². The van der Waals surface area contributed by atoms with Crippen LogP contribution in [-0.4, -0.2) is 59.9 Å². The first kappa shape index (κ1) is 51.7. The zero-order chi connectivity index (χ0) is 40.0. The number of unbranched alkanes of at least 4 members (excludes halogenated alkanes) is 19. The number of ether oxygens (including phenoxy) is 2. The summed E-state index contributed by atoms with van der Waals surface area (Å²) < 4.78 is 32.6. The molecule has 0 heterocycles. The van der Waals surface area contributed by atoms with E-state index in [1.165, 1.54) is 89.9 Å². The lowest BCUT2D eigenvalue weighted by atomic mass is 10.0. The fourth-order valence-electron chi connectivity index (χ4n) is 5.54. The Morgan fingerprint density at radius 2 is 0.981 bits per heavy atom. The molecule has 0 aliphatic carbocycles. The number of carboxylic acids is 1. The summed E-state index contributed by atoms with van der Waals surface area (Å²) in [5.74, 6) is -2.42. The summed E-state index contributed by atoms with van der Waals surface area (Å²) in [4.78, 5) is 45.9. The Labute approximate surface area is 327 Å². The molecule has 0 radical (unpaired) electrons. The van der Waals surface area contributed by atoms with Crippen molar-refractivity contribution in [1.82, 2.24) is 0 Å². The van der Waals surface area contributed by atoms with Gasteiger partial charge in [0.15, 0.2) is 6.10 Å². The van der Waals surface area contributed by atoms with E-state index in [9.17, 15) is 23.8 Å². The predicted octanol–water partition coefficient (Wildman–Crippen LogP) is 10.8. The first-order chi connectivity index (χ1) is 26.1. The molecule has 0 rings (SSSR count). The standard InChI is InChI=1S/C42H76NO10P/c1-3-5-7-9-11-13-15-17-19-21-23-25-27-29-31-33-40(44)50-35-38(36-51-54(48,49)52-37-39(43)42(46)47)53-41(45)34-32-30-28-26-24-22-20-18-16-14-12-10-8-6-4-2/h12,14,18,20,24,26,38-39H,3-11,13,15-17,19,21-23,25,27-37,43H2,1-2H3,(H,46,47)(H,48,49)/b14-12+,20-18+,26-24+/t38-,39+/m1/s1. The highest BCUT2D eigenvalue weighted by molar-refractivity contribution is 7.47. The summed E-state index contributed by atoms with van der Waals surface area (Å²) in [7, 11) is -4.72. The number of hydrogen-bond acceptors (Lipinski definition) is 9. The van der Waals surface area contributed by atoms with Gasteiger partial charge in [-0.2, -0.15) is 0 Å².